The van der Waals surface area contributed by atoms with Crippen molar-refractivity contribution in [1.82, 2.24) is 4.98 Å². The van der Waals surface area contributed by atoms with Crippen molar-refractivity contribution in [2.75, 3.05) is 17.2 Å². The number of nitrogens with zero attached hydrogens (tertiary/aromatic N) is 1. The van der Waals surface area contributed by atoms with Crippen LogP contribution in [0.25, 0.3) is 0 Å². The molecule has 0 saturated heterocycles. The molecule has 1 heterocycles. The van der Waals surface area contributed by atoms with E-state index in [0.717, 1.165) is 18.7 Å². The van der Waals surface area contributed by atoms with E-state index < -0.39 is 0 Å². The van der Waals surface area contributed by atoms with Gasteiger partial charge in [0.1, 0.15) is 0 Å². The number of nitrogens with one attached hydrogen (secondary N) is 2. The lowest BCUT2D eigenvalue weighted by Crippen LogP contribution is -2.13. The summed E-state index contributed by atoms with van der Waals surface area (Å²) in [5.74, 6) is -0.135. The number of benzene rings is 2. The molecule has 0 spiro atoms. The minimum absolute atomic E-state index is 0.184. The zero-order valence-corrected chi connectivity index (χ0v) is 12.5. The Hall–Kier alpha value is -3.08. The molecule has 116 valence electrons. The van der Waals surface area contributed by atoms with Crippen LogP contribution < -0.4 is 10.6 Å². The summed E-state index contributed by atoms with van der Waals surface area (Å²) in [6.07, 6.45) is 3.53. The number of carbonyl (C=O) groups is 1. The van der Waals surface area contributed by atoms with Gasteiger partial charge in [-0.15, -0.1) is 0 Å². The van der Waals surface area contributed by atoms with E-state index in [1.54, 1.807) is 0 Å². The van der Waals surface area contributed by atoms with Crippen LogP contribution in [-0.2, 0) is 6.42 Å². The molecule has 0 aliphatic rings. The van der Waals surface area contributed by atoms with E-state index in [1.165, 1.54) is 18.2 Å². The van der Waals surface area contributed by atoms with Crippen LogP contribution in [0.1, 0.15) is 16.1 Å². The van der Waals surface area contributed by atoms with Crippen molar-refractivity contribution in [2.24, 2.45) is 0 Å². The average Bonchev–Trinajstić information content (AvgIpc) is 3.12. The van der Waals surface area contributed by atoms with Gasteiger partial charge in [0.15, 0.2) is 6.39 Å². The quantitative estimate of drug-likeness (QED) is 0.730. The summed E-state index contributed by atoms with van der Waals surface area (Å²) in [5.41, 5.74) is 2.85. The van der Waals surface area contributed by atoms with Crippen LogP contribution in [0, 0.1) is 0 Å². The molecule has 0 aliphatic heterocycles. The highest BCUT2D eigenvalue weighted by atomic mass is 16.3. The number of aromatic nitrogens is 1. The second kappa shape index (κ2) is 7.26. The van der Waals surface area contributed by atoms with Gasteiger partial charge < -0.3 is 15.1 Å². The van der Waals surface area contributed by atoms with Crippen molar-refractivity contribution >= 4 is 17.3 Å². The summed E-state index contributed by atoms with van der Waals surface area (Å²) in [7, 11) is 0. The molecule has 0 atom stereocenters. The molecular weight excluding hydrogens is 290 g/mol. The SMILES string of the molecule is O=C(Nc1ccccc1NCCc1ccccc1)c1cnco1. The molecule has 0 fully saturated rings. The molecule has 0 saturated carbocycles. The van der Waals surface area contributed by atoms with Gasteiger partial charge in [0.2, 0.25) is 5.76 Å². The number of para-hydroxylation sites is 2. The lowest BCUT2D eigenvalue weighted by Gasteiger charge is -2.12. The Morgan fingerprint density at radius 3 is 2.48 bits per heavy atom. The highest BCUT2D eigenvalue weighted by molar-refractivity contribution is 6.03. The summed E-state index contributed by atoms with van der Waals surface area (Å²) in [5, 5.41) is 6.18. The summed E-state index contributed by atoms with van der Waals surface area (Å²) in [4.78, 5) is 15.8. The number of amides is 1. The molecule has 3 rings (SSSR count). The predicted molar refractivity (Wildman–Crippen MR) is 89.5 cm³/mol. The van der Waals surface area contributed by atoms with Gasteiger partial charge in [0.25, 0.3) is 5.91 Å². The lowest BCUT2D eigenvalue weighted by molar-refractivity contribution is 0.0996. The van der Waals surface area contributed by atoms with E-state index in [4.69, 9.17) is 4.42 Å². The van der Waals surface area contributed by atoms with Crippen LogP contribution >= 0.6 is 0 Å². The van der Waals surface area contributed by atoms with Gasteiger partial charge in [-0.2, -0.15) is 0 Å². The molecule has 0 aliphatic carbocycles. The maximum Gasteiger partial charge on any atom is 0.293 e. The van der Waals surface area contributed by atoms with E-state index >= 15 is 0 Å². The van der Waals surface area contributed by atoms with Crippen molar-refractivity contribution in [3.8, 4) is 0 Å². The molecule has 0 radical (unpaired) electrons. The van der Waals surface area contributed by atoms with Gasteiger partial charge in [0.05, 0.1) is 17.6 Å². The molecule has 1 amide bonds. The van der Waals surface area contributed by atoms with Crippen LogP contribution in [0.4, 0.5) is 11.4 Å². The van der Waals surface area contributed by atoms with E-state index in [2.05, 4.69) is 27.8 Å². The maximum atomic E-state index is 12.1. The Labute approximate surface area is 134 Å². The molecule has 2 aromatic carbocycles. The smallest absolute Gasteiger partial charge is 0.293 e. The third-order valence-electron chi connectivity index (χ3n) is 3.40. The highest BCUT2D eigenvalue weighted by Gasteiger charge is 2.11. The van der Waals surface area contributed by atoms with Crippen molar-refractivity contribution in [3.05, 3.63) is 78.5 Å². The fourth-order valence-corrected chi connectivity index (χ4v) is 2.24. The first-order valence-corrected chi connectivity index (χ1v) is 7.39. The third-order valence-corrected chi connectivity index (χ3v) is 3.40. The number of carbonyl (C=O) groups excluding carboxylic acids is 1. The number of hydrogen-bond acceptors (Lipinski definition) is 4. The Balaban J connectivity index is 1.62. The topological polar surface area (TPSA) is 67.2 Å². The minimum Gasteiger partial charge on any atom is -0.438 e. The zero-order valence-electron chi connectivity index (χ0n) is 12.5. The number of anilines is 2. The van der Waals surface area contributed by atoms with Crippen molar-refractivity contribution in [3.63, 3.8) is 0 Å². The molecular formula is C18H17N3O2. The zero-order chi connectivity index (χ0) is 15.9. The van der Waals surface area contributed by atoms with E-state index in [0.29, 0.717) is 5.69 Å². The Bertz CT molecular complexity index is 755. The Kier molecular flexibility index (Phi) is 4.69. The lowest BCUT2D eigenvalue weighted by atomic mass is 10.1. The molecule has 0 bridgehead atoms. The molecule has 0 unspecified atom stereocenters. The third kappa shape index (κ3) is 3.97. The standard InChI is InChI=1S/C18H17N3O2/c22-18(17-12-19-13-23-17)21-16-9-5-4-8-15(16)20-11-10-14-6-2-1-3-7-14/h1-9,12-13,20H,10-11H2,(H,21,22). The van der Waals surface area contributed by atoms with Crippen molar-refractivity contribution < 1.29 is 9.21 Å². The van der Waals surface area contributed by atoms with E-state index in [1.807, 2.05) is 42.5 Å². The maximum absolute atomic E-state index is 12.1. The summed E-state index contributed by atoms with van der Waals surface area (Å²) in [6.45, 7) is 0.777. The molecule has 1 aromatic heterocycles. The van der Waals surface area contributed by atoms with Gasteiger partial charge in [-0.05, 0) is 24.1 Å². The average molecular weight is 307 g/mol. The van der Waals surface area contributed by atoms with Crippen molar-refractivity contribution in [2.45, 2.75) is 6.42 Å². The van der Waals surface area contributed by atoms with E-state index in [9.17, 15) is 4.79 Å². The van der Waals surface area contributed by atoms with Gasteiger partial charge in [0, 0.05) is 6.54 Å². The van der Waals surface area contributed by atoms with Crippen LogP contribution in [0.15, 0.2) is 71.6 Å². The first kappa shape index (κ1) is 14.8. The minimum atomic E-state index is -0.320. The normalized spacial score (nSPS) is 10.3. The summed E-state index contributed by atoms with van der Waals surface area (Å²) < 4.78 is 5.00. The van der Waals surface area contributed by atoms with Gasteiger partial charge in [-0.3, -0.25) is 4.79 Å². The monoisotopic (exact) mass is 307 g/mol. The van der Waals surface area contributed by atoms with Crippen molar-refractivity contribution in [1.29, 1.82) is 0 Å². The summed E-state index contributed by atoms with van der Waals surface area (Å²) in [6, 6.07) is 17.8. The second-order valence-electron chi connectivity index (χ2n) is 5.03. The Morgan fingerprint density at radius 1 is 1.00 bits per heavy atom. The van der Waals surface area contributed by atoms with Crippen LogP contribution in [0.2, 0.25) is 0 Å². The van der Waals surface area contributed by atoms with Gasteiger partial charge in [-0.1, -0.05) is 42.5 Å². The predicted octanol–water partition coefficient (Wildman–Crippen LogP) is 3.58. The largest absolute Gasteiger partial charge is 0.438 e. The first-order valence-electron chi connectivity index (χ1n) is 7.39. The Morgan fingerprint density at radius 2 is 1.74 bits per heavy atom. The number of hydrogen-bond donors (Lipinski definition) is 2. The summed E-state index contributed by atoms with van der Waals surface area (Å²) >= 11 is 0. The van der Waals surface area contributed by atoms with Crippen LogP contribution in [0.5, 0.6) is 0 Å². The van der Waals surface area contributed by atoms with Gasteiger partial charge in [-0.25, -0.2) is 4.98 Å². The second-order valence-corrected chi connectivity index (χ2v) is 5.03. The molecule has 5 heteroatoms. The number of oxazole rings is 1. The number of rotatable bonds is 6. The highest BCUT2D eigenvalue weighted by Crippen LogP contribution is 2.21. The van der Waals surface area contributed by atoms with Gasteiger partial charge >= 0.3 is 0 Å². The molecule has 5 nitrogen and oxygen atoms in total. The fraction of sp³-hybridized carbons (Fsp3) is 0.111. The molecule has 23 heavy (non-hydrogen) atoms. The molecule has 3 aromatic rings. The fourth-order valence-electron chi connectivity index (χ4n) is 2.24. The first-order chi connectivity index (χ1) is 11.3. The van der Waals surface area contributed by atoms with E-state index in [-0.39, 0.29) is 11.7 Å². The van der Waals surface area contributed by atoms with Crippen LogP contribution in [0.3, 0.4) is 0 Å². The molecule has 2 N–H and O–H groups in total. The van der Waals surface area contributed by atoms with Crippen LogP contribution in [-0.4, -0.2) is 17.4 Å².